The Hall–Kier alpha value is -1.81. The maximum absolute atomic E-state index is 10.0. The minimum absolute atomic E-state index is 0.131. The van der Waals surface area contributed by atoms with Crippen LogP contribution in [-0.4, -0.2) is 29.3 Å². The monoisotopic (exact) mass is 269 g/mol. The SMILES string of the molecule is Nc1c(N2CC3CCC(O)C3C2)ccc2ncccc12. The molecular weight excluding hydrogens is 250 g/mol. The molecule has 104 valence electrons. The van der Waals surface area contributed by atoms with Gasteiger partial charge in [0.05, 0.1) is 23.0 Å². The number of aromatic nitrogens is 1. The summed E-state index contributed by atoms with van der Waals surface area (Å²) in [5.41, 5.74) is 9.18. The molecule has 3 unspecified atom stereocenters. The smallest absolute Gasteiger partial charge is 0.0724 e. The number of fused-ring (bicyclic) bond motifs is 2. The van der Waals surface area contributed by atoms with E-state index in [1.165, 1.54) is 0 Å². The molecule has 3 atom stereocenters. The Kier molecular flexibility index (Phi) is 2.60. The number of pyridine rings is 1. The summed E-state index contributed by atoms with van der Waals surface area (Å²) in [6, 6.07) is 8.04. The summed E-state index contributed by atoms with van der Waals surface area (Å²) in [4.78, 5) is 6.67. The van der Waals surface area contributed by atoms with Crippen molar-refractivity contribution in [3.05, 3.63) is 30.5 Å². The van der Waals surface area contributed by atoms with Gasteiger partial charge < -0.3 is 15.7 Å². The molecule has 3 N–H and O–H groups in total. The Morgan fingerprint density at radius 1 is 1.20 bits per heavy atom. The number of rotatable bonds is 1. The first-order valence-electron chi connectivity index (χ1n) is 7.30. The van der Waals surface area contributed by atoms with E-state index in [0.29, 0.717) is 11.8 Å². The van der Waals surface area contributed by atoms with Crippen LogP contribution in [0.2, 0.25) is 0 Å². The van der Waals surface area contributed by atoms with Gasteiger partial charge in [-0.2, -0.15) is 0 Å². The fourth-order valence-corrected chi connectivity index (χ4v) is 3.87. The van der Waals surface area contributed by atoms with Crippen molar-refractivity contribution in [2.75, 3.05) is 23.7 Å². The molecule has 1 aromatic carbocycles. The van der Waals surface area contributed by atoms with Gasteiger partial charge in [0.1, 0.15) is 0 Å². The first kappa shape index (κ1) is 12.0. The summed E-state index contributed by atoms with van der Waals surface area (Å²) in [7, 11) is 0. The number of nitrogens with two attached hydrogens (primary N) is 1. The molecule has 2 fully saturated rings. The maximum atomic E-state index is 10.0. The zero-order valence-electron chi connectivity index (χ0n) is 11.4. The third-order valence-electron chi connectivity index (χ3n) is 4.96. The van der Waals surface area contributed by atoms with Gasteiger partial charge >= 0.3 is 0 Å². The van der Waals surface area contributed by atoms with Gasteiger partial charge in [-0.25, -0.2) is 0 Å². The Balaban J connectivity index is 1.71. The predicted octanol–water partition coefficient (Wildman–Crippen LogP) is 2.02. The number of hydrogen-bond donors (Lipinski definition) is 2. The van der Waals surface area contributed by atoms with Crippen LogP contribution in [0.4, 0.5) is 11.4 Å². The van der Waals surface area contributed by atoms with E-state index in [9.17, 15) is 5.11 Å². The molecule has 2 aromatic rings. The molecule has 2 aliphatic rings. The second-order valence-corrected chi connectivity index (χ2v) is 6.04. The van der Waals surface area contributed by atoms with Gasteiger partial charge in [-0.15, -0.1) is 0 Å². The van der Waals surface area contributed by atoms with E-state index >= 15 is 0 Å². The molecule has 1 aromatic heterocycles. The number of hydrogen-bond acceptors (Lipinski definition) is 4. The number of anilines is 2. The van der Waals surface area contributed by atoms with Crippen LogP contribution in [-0.2, 0) is 0 Å². The van der Waals surface area contributed by atoms with Crippen LogP contribution in [0.25, 0.3) is 10.9 Å². The lowest BCUT2D eigenvalue weighted by Crippen LogP contribution is -2.25. The number of aliphatic hydroxyl groups excluding tert-OH is 1. The fraction of sp³-hybridized carbons (Fsp3) is 0.438. The minimum Gasteiger partial charge on any atom is -0.396 e. The molecule has 1 aliphatic carbocycles. The maximum Gasteiger partial charge on any atom is 0.0724 e. The van der Waals surface area contributed by atoms with Crippen LogP contribution < -0.4 is 10.6 Å². The molecular formula is C16H19N3O. The highest BCUT2D eigenvalue weighted by atomic mass is 16.3. The van der Waals surface area contributed by atoms with Gasteiger partial charge in [-0.3, -0.25) is 4.98 Å². The zero-order valence-corrected chi connectivity index (χ0v) is 11.4. The second-order valence-electron chi connectivity index (χ2n) is 6.04. The standard InChI is InChI=1S/C16H19N3O/c17-16-11-2-1-7-18-13(11)4-5-14(16)19-8-10-3-6-15(20)12(10)9-19/h1-2,4-5,7,10,12,15,20H,3,6,8-9,17H2. The van der Waals surface area contributed by atoms with E-state index in [4.69, 9.17) is 5.73 Å². The summed E-state index contributed by atoms with van der Waals surface area (Å²) >= 11 is 0. The Morgan fingerprint density at radius 3 is 2.95 bits per heavy atom. The first-order chi connectivity index (χ1) is 9.74. The van der Waals surface area contributed by atoms with Gasteiger partial charge in [-0.1, -0.05) is 0 Å². The van der Waals surface area contributed by atoms with Gasteiger partial charge in [0, 0.05) is 30.6 Å². The molecule has 0 amide bonds. The van der Waals surface area contributed by atoms with E-state index in [2.05, 4.69) is 16.0 Å². The number of aliphatic hydroxyl groups is 1. The summed E-state index contributed by atoms with van der Waals surface area (Å²) in [5.74, 6) is 1.04. The molecule has 4 heteroatoms. The molecule has 1 aliphatic heterocycles. The third kappa shape index (κ3) is 1.68. The summed E-state index contributed by atoms with van der Waals surface area (Å²) in [6.45, 7) is 1.93. The van der Waals surface area contributed by atoms with E-state index in [1.54, 1.807) is 6.20 Å². The Morgan fingerprint density at radius 2 is 2.10 bits per heavy atom. The van der Waals surface area contributed by atoms with Crippen molar-refractivity contribution in [1.29, 1.82) is 0 Å². The highest BCUT2D eigenvalue weighted by Gasteiger charge is 2.42. The zero-order chi connectivity index (χ0) is 13.7. The molecule has 0 radical (unpaired) electrons. The van der Waals surface area contributed by atoms with Crippen molar-refractivity contribution >= 4 is 22.3 Å². The molecule has 1 saturated heterocycles. The van der Waals surface area contributed by atoms with Crippen LogP contribution in [0, 0.1) is 11.8 Å². The van der Waals surface area contributed by atoms with E-state index in [0.717, 1.165) is 48.2 Å². The highest BCUT2D eigenvalue weighted by molar-refractivity contribution is 5.97. The summed E-state index contributed by atoms with van der Waals surface area (Å²) in [5, 5.41) is 11.1. The van der Waals surface area contributed by atoms with Gasteiger partial charge in [-0.05, 0) is 43.0 Å². The third-order valence-corrected chi connectivity index (χ3v) is 4.96. The van der Waals surface area contributed by atoms with Gasteiger partial charge in [0.15, 0.2) is 0 Å². The number of nitrogen functional groups attached to an aromatic ring is 1. The van der Waals surface area contributed by atoms with E-state index < -0.39 is 0 Å². The van der Waals surface area contributed by atoms with Crippen molar-refractivity contribution in [3.63, 3.8) is 0 Å². The molecule has 20 heavy (non-hydrogen) atoms. The van der Waals surface area contributed by atoms with Crippen LogP contribution in [0.5, 0.6) is 0 Å². The molecule has 0 bridgehead atoms. The van der Waals surface area contributed by atoms with Crippen molar-refractivity contribution in [3.8, 4) is 0 Å². The normalized spacial score (nSPS) is 29.1. The number of benzene rings is 1. The van der Waals surface area contributed by atoms with Gasteiger partial charge in [0.2, 0.25) is 0 Å². The van der Waals surface area contributed by atoms with Crippen LogP contribution in [0.1, 0.15) is 12.8 Å². The van der Waals surface area contributed by atoms with E-state index in [1.807, 2.05) is 18.2 Å². The van der Waals surface area contributed by atoms with Crippen molar-refractivity contribution in [1.82, 2.24) is 4.98 Å². The number of nitrogens with zero attached hydrogens (tertiary/aromatic N) is 2. The lowest BCUT2D eigenvalue weighted by atomic mass is 10.00. The topological polar surface area (TPSA) is 62.4 Å². The lowest BCUT2D eigenvalue weighted by molar-refractivity contribution is 0.133. The second kappa shape index (κ2) is 4.35. The van der Waals surface area contributed by atoms with Crippen LogP contribution in [0.3, 0.4) is 0 Å². The molecule has 4 nitrogen and oxygen atoms in total. The summed E-state index contributed by atoms with van der Waals surface area (Å²) in [6.07, 6.45) is 3.75. The minimum atomic E-state index is -0.131. The van der Waals surface area contributed by atoms with Crippen molar-refractivity contribution in [2.45, 2.75) is 18.9 Å². The highest BCUT2D eigenvalue weighted by Crippen LogP contribution is 2.42. The molecule has 1 saturated carbocycles. The Labute approximate surface area is 118 Å². The van der Waals surface area contributed by atoms with Crippen molar-refractivity contribution in [2.24, 2.45) is 11.8 Å². The first-order valence-corrected chi connectivity index (χ1v) is 7.30. The van der Waals surface area contributed by atoms with E-state index in [-0.39, 0.29) is 6.10 Å². The van der Waals surface area contributed by atoms with Crippen LogP contribution >= 0.6 is 0 Å². The van der Waals surface area contributed by atoms with Gasteiger partial charge in [0.25, 0.3) is 0 Å². The summed E-state index contributed by atoms with van der Waals surface area (Å²) < 4.78 is 0. The Bertz CT molecular complexity index is 657. The molecule has 0 spiro atoms. The quantitative estimate of drug-likeness (QED) is 0.778. The van der Waals surface area contributed by atoms with Crippen molar-refractivity contribution < 1.29 is 5.11 Å². The van der Waals surface area contributed by atoms with Crippen LogP contribution in [0.15, 0.2) is 30.5 Å². The average Bonchev–Trinajstić information content (AvgIpc) is 3.02. The average molecular weight is 269 g/mol. The molecule has 2 heterocycles. The predicted molar refractivity (Wildman–Crippen MR) is 80.6 cm³/mol. The fourth-order valence-electron chi connectivity index (χ4n) is 3.87. The lowest BCUT2D eigenvalue weighted by Gasteiger charge is -2.23. The molecule has 4 rings (SSSR count). The largest absolute Gasteiger partial charge is 0.396 e.